The Labute approximate surface area is 93.7 Å². The number of benzene rings is 1. The highest BCUT2D eigenvalue weighted by Crippen LogP contribution is 2.21. The molecule has 16 heavy (non-hydrogen) atoms. The number of hydrogen-bond acceptors (Lipinski definition) is 2. The summed E-state index contributed by atoms with van der Waals surface area (Å²) in [7, 11) is 0. The number of fused-ring (bicyclic) bond motifs is 1. The molecule has 0 atom stereocenters. The van der Waals surface area contributed by atoms with Crippen LogP contribution in [0.3, 0.4) is 0 Å². The first-order valence-electron chi connectivity index (χ1n) is 5.34. The van der Waals surface area contributed by atoms with Crippen molar-refractivity contribution in [3.05, 3.63) is 41.6 Å². The smallest absolute Gasteiger partial charge is 0.336 e. The minimum absolute atomic E-state index is 0.322. The van der Waals surface area contributed by atoms with E-state index in [1.54, 1.807) is 12.3 Å². The van der Waals surface area contributed by atoms with E-state index < -0.39 is 5.97 Å². The highest BCUT2D eigenvalue weighted by molar-refractivity contribution is 6.03. The van der Waals surface area contributed by atoms with Gasteiger partial charge < -0.3 is 5.11 Å². The van der Waals surface area contributed by atoms with Crippen molar-refractivity contribution in [3.8, 4) is 0 Å². The number of hydrogen-bond donors (Lipinski definition) is 1. The van der Waals surface area contributed by atoms with E-state index in [1.165, 1.54) is 0 Å². The van der Waals surface area contributed by atoms with E-state index in [0.29, 0.717) is 5.56 Å². The molecule has 3 heteroatoms. The summed E-state index contributed by atoms with van der Waals surface area (Å²) >= 11 is 0. The van der Waals surface area contributed by atoms with Crippen molar-refractivity contribution in [2.45, 2.75) is 19.8 Å². The normalized spacial score (nSPS) is 10.6. The third-order valence-corrected chi connectivity index (χ3v) is 2.60. The fourth-order valence-electron chi connectivity index (χ4n) is 1.89. The van der Waals surface area contributed by atoms with Crippen molar-refractivity contribution >= 4 is 16.9 Å². The second-order valence-corrected chi connectivity index (χ2v) is 3.73. The van der Waals surface area contributed by atoms with E-state index in [4.69, 9.17) is 5.11 Å². The minimum Gasteiger partial charge on any atom is -0.478 e. The standard InChI is InChI=1S/C13H13NO2/c1-2-4-9-5-3-6-10-11(13(15)16)7-8-14-12(9)10/h3,5-8H,2,4H2,1H3,(H,15,16). The van der Waals surface area contributed by atoms with Gasteiger partial charge in [-0.2, -0.15) is 0 Å². The molecular formula is C13H13NO2. The molecule has 82 valence electrons. The van der Waals surface area contributed by atoms with Crippen molar-refractivity contribution in [3.63, 3.8) is 0 Å². The summed E-state index contributed by atoms with van der Waals surface area (Å²) < 4.78 is 0. The van der Waals surface area contributed by atoms with Crippen LogP contribution in [0, 0.1) is 0 Å². The molecule has 0 saturated heterocycles. The lowest BCUT2D eigenvalue weighted by Crippen LogP contribution is -1.99. The molecule has 1 N–H and O–H groups in total. The number of rotatable bonds is 3. The van der Waals surface area contributed by atoms with E-state index in [-0.39, 0.29) is 0 Å². The third-order valence-electron chi connectivity index (χ3n) is 2.60. The molecule has 0 radical (unpaired) electrons. The Morgan fingerprint density at radius 2 is 2.19 bits per heavy atom. The van der Waals surface area contributed by atoms with E-state index in [1.807, 2.05) is 18.2 Å². The second kappa shape index (κ2) is 4.31. The lowest BCUT2D eigenvalue weighted by Gasteiger charge is -2.06. The van der Waals surface area contributed by atoms with Crippen LogP contribution in [0.4, 0.5) is 0 Å². The Balaban J connectivity index is 2.71. The summed E-state index contributed by atoms with van der Waals surface area (Å²) in [5.41, 5.74) is 2.25. The van der Waals surface area contributed by atoms with Gasteiger partial charge in [-0.25, -0.2) is 4.79 Å². The van der Waals surface area contributed by atoms with Gasteiger partial charge in [0.2, 0.25) is 0 Å². The molecular weight excluding hydrogens is 202 g/mol. The number of aromatic carboxylic acids is 1. The molecule has 2 rings (SSSR count). The van der Waals surface area contributed by atoms with Crippen LogP contribution in [0.15, 0.2) is 30.5 Å². The molecule has 0 aliphatic rings. The van der Waals surface area contributed by atoms with Gasteiger partial charge in [-0.3, -0.25) is 4.98 Å². The van der Waals surface area contributed by atoms with E-state index in [0.717, 1.165) is 29.3 Å². The Bertz CT molecular complexity index is 534. The molecule has 1 heterocycles. The summed E-state index contributed by atoms with van der Waals surface area (Å²) in [6, 6.07) is 7.25. The summed E-state index contributed by atoms with van der Waals surface area (Å²) in [5, 5.41) is 9.80. The number of aromatic nitrogens is 1. The maximum atomic E-state index is 11.1. The third kappa shape index (κ3) is 1.76. The molecule has 0 bridgehead atoms. The first-order valence-corrected chi connectivity index (χ1v) is 5.34. The highest BCUT2D eigenvalue weighted by Gasteiger charge is 2.10. The molecule has 0 amide bonds. The van der Waals surface area contributed by atoms with Gasteiger partial charge in [-0.1, -0.05) is 31.5 Å². The van der Waals surface area contributed by atoms with Crippen LogP contribution >= 0.6 is 0 Å². The zero-order valence-electron chi connectivity index (χ0n) is 9.10. The molecule has 2 aromatic rings. The van der Waals surface area contributed by atoms with Crippen LogP contribution in [-0.4, -0.2) is 16.1 Å². The zero-order chi connectivity index (χ0) is 11.5. The molecule has 0 unspecified atom stereocenters. The Morgan fingerprint density at radius 3 is 2.88 bits per heavy atom. The minimum atomic E-state index is -0.902. The maximum absolute atomic E-state index is 11.1. The van der Waals surface area contributed by atoms with Gasteiger partial charge in [-0.15, -0.1) is 0 Å². The van der Waals surface area contributed by atoms with Crippen LogP contribution in [0.1, 0.15) is 29.3 Å². The summed E-state index contributed by atoms with van der Waals surface area (Å²) in [4.78, 5) is 15.3. The number of nitrogens with zero attached hydrogens (tertiary/aromatic N) is 1. The van der Waals surface area contributed by atoms with Gasteiger partial charge >= 0.3 is 5.97 Å². The van der Waals surface area contributed by atoms with Crippen LogP contribution in [-0.2, 0) is 6.42 Å². The molecule has 1 aromatic heterocycles. The molecule has 3 nitrogen and oxygen atoms in total. The average molecular weight is 215 g/mol. The quantitative estimate of drug-likeness (QED) is 0.856. The van der Waals surface area contributed by atoms with Gasteiger partial charge in [-0.05, 0) is 18.1 Å². The van der Waals surface area contributed by atoms with Gasteiger partial charge in [0.25, 0.3) is 0 Å². The lowest BCUT2D eigenvalue weighted by atomic mass is 10.0. The number of pyridine rings is 1. The first-order chi connectivity index (χ1) is 7.74. The Hall–Kier alpha value is -1.90. The van der Waals surface area contributed by atoms with Crippen molar-refractivity contribution in [1.29, 1.82) is 0 Å². The number of carboxylic acid groups (broad SMARTS) is 1. The molecule has 1 aromatic carbocycles. The van der Waals surface area contributed by atoms with Crippen molar-refractivity contribution < 1.29 is 9.90 Å². The van der Waals surface area contributed by atoms with E-state index >= 15 is 0 Å². The van der Waals surface area contributed by atoms with Crippen molar-refractivity contribution in [2.24, 2.45) is 0 Å². The van der Waals surface area contributed by atoms with Gasteiger partial charge in [0.15, 0.2) is 0 Å². The molecule has 0 aliphatic heterocycles. The van der Waals surface area contributed by atoms with Crippen LogP contribution in [0.5, 0.6) is 0 Å². The predicted octanol–water partition coefficient (Wildman–Crippen LogP) is 2.89. The van der Waals surface area contributed by atoms with Crippen LogP contribution < -0.4 is 0 Å². The van der Waals surface area contributed by atoms with Crippen LogP contribution in [0.2, 0.25) is 0 Å². The fourth-order valence-corrected chi connectivity index (χ4v) is 1.89. The van der Waals surface area contributed by atoms with Crippen molar-refractivity contribution in [2.75, 3.05) is 0 Å². The van der Waals surface area contributed by atoms with E-state index in [2.05, 4.69) is 11.9 Å². The first kappa shape index (κ1) is 10.6. The number of carboxylic acids is 1. The second-order valence-electron chi connectivity index (χ2n) is 3.73. The average Bonchev–Trinajstić information content (AvgIpc) is 2.29. The predicted molar refractivity (Wildman–Crippen MR) is 62.7 cm³/mol. The number of carbonyl (C=O) groups is 1. The molecule has 0 fully saturated rings. The van der Waals surface area contributed by atoms with Gasteiger partial charge in [0.05, 0.1) is 11.1 Å². The largest absolute Gasteiger partial charge is 0.478 e. The summed E-state index contributed by atoms with van der Waals surface area (Å²) in [6.45, 7) is 2.10. The monoisotopic (exact) mass is 215 g/mol. The summed E-state index contributed by atoms with van der Waals surface area (Å²) in [5.74, 6) is -0.902. The SMILES string of the molecule is CCCc1cccc2c(C(=O)O)ccnc12. The number of aryl methyl sites for hydroxylation is 1. The highest BCUT2D eigenvalue weighted by atomic mass is 16.4. The van der Waals surface area contributed by atoms with Crippen molar-refractivity contribution in [1.82, 2.24) is 4.98 Å². The van der Waals surface area contributed by atoms with Crippen LogP contribution in [0.25, 0.3) is 10.9 Å². The maximum Gasteiger partial charge on any atom is 0.336 e. The zero-order valence-corrected chi connectivity index (χ0v) is 9.10. The topological polar surface area (TPSA) is 50.2 Å². The van der Waals surface area contributed by atoms with E-state index in [9.17, 15) is 4.79 Å². The molecule has 0 saturated carbocycles. The molecule has 0 aliphatic carbocycles. The number of para-hydroxylation sites is 1. The fraction of sp³-hybridized carbons (Fsp3) is 0.231. The Morgan fingerprint density at radius 1 is 1.38 bits per heavy atom. The lowest BCUT2D eigenvalue weighted by molar-refractivity contribution is 0.0699. The van der Waals surface area contributed by atoms with Gasteiger partial charge in [0.1, 0.15) is 0 Å². The van der Waals surface area contributed by atoms with Gasteiger partial charge in [0, 0.05) is 11.6 Å². The Kier molecular flexibility index (Phi) is 2.86. The molecule has 0 spiro atoms. The summed E-state index contributed by atoms with van der Waals surface area (Å²) in [6.07, 6.45) is 3.51.